The summed E-state index contributed by atoms with van der Waals surface area (Å²) in [6.07, 6.45) is 2.16. The lowest BCUT2D eigenvalue weighted by molar-refractivity contribution is -0.114. The van der Waals surface area contributed by atoms with Crippen molar-refractivity contribution in [3.05, 3.63) is 93.5 Å². The summed E-state index contributed by atoms with van der Waals surface area (Å²) in [4.78, 5) is 17.1. The molecule has 0 atom stereocenters. The van der Waals surface area contributed by atoms with Gasteiger partial charge in [0.2, 0.25) is 5.17 Å². The van der Waals surface area contributed by atoms with Gasteiger partial charge in [0.15, 0.2) is 17.3 Å². The highest BCUT2D eigenvalue weighted by Crippen LogP contribution is 2.38. The topological polar surface area (TPSA) is 96.6 Å². The highest BCUT2D eigenvalue weighted by Gasteiger charge is 2.35. The lowest BCUT2D eigenvalue weighted by Gasteiger charge is -2.20. The quantitative estimate of drug-likeness (QED) is 0.210. The van der Waals surface area contributed by atoms with Gasteiger partial charge in [-0.1, -0.05) is 54.1 Å². The van der Waals surface area contributed by atoms with Crippen LogP contribution in [0.4, 0.5) is 0 Å². The molecule has 0 aliphatic carbocycles. The van der Waals surface area contributed by atoms with Gasteiger partial charge >= 0.3 is 0 Å². The van der Waals surface area contributed by atoms with E-state index in [2.05, 4.69) is 10.1 Å². The molecule has 3 aromatic carbocycles. The number of amidine groups is 2. The van der Waals surface area contributed by atoms with Crippen LogP contribution in [0.1, 0.15) is 29.2 Å². The molecule has 3 aromatic rings. The molecule has 0 saturated heterocycles. The molecule has 1 N–H and O–H groups in total. The zero-order valence-electron chi connectivity index (χ0n) is 22.9. The van der Waals surface area contributed by atoms with Crippen LogP contribution in [0.5, 0.6) is 17.2 Å². The number of aliphatic imine (C=N–C) groups is 1. The van der Waals surface area contributed by atoms with Crippen LogP contribution >= 0.6 is 23.4 Å². The van der Waals surface area contributed by atoms with Crippen LogP contribution in [-0.4, -0.2) is 46.8 Å². The summed E-state index contributed by atoms with van der Waals surface area (Å²) in [5.74, 6) is 1.07. The first-order chi connectivity index (χ1) is 19.8. The SMILES string of the molecule is CCOc1cc(/C=C2\C(=N)N3N=C(Cc4ccccc4)SC3=NC2=O)cc(Cl)c1OCCOc1cc(C)ccc1C. The monoisotopic (exact) mass is 588 g/mol. The lowest BCUT2D eigenvalue weighted by atomic mass is 10.1. The van der Waals surface area contributed by atoms with Crippen molar-refractivity contribution in [3.8, 4) is 17.2 Å². The fourth-order valence-corrected chi connectivity index (χ4v) is 5.47. The van der Waals surface area contributed by atoms with Gasteiger partial charge in [-0.2, -0.15) is 15.1 Å². The largest absolute Gasteiger partial charge is 0.490 e. The Morgan fingerprint density at radius 2 is 1.78 bits per heavy atom. The molecule has 2 heterocycles. The van der Waals surface area contributed by atoms with Crippen molar-refractivity contribution in [1.82, 2.24) is 5.01 Å². The summed E-state index contributed by atoms with van der Waals surface area (Å²) in [6, 6.07) is 19.3. The number of halogens is 1. The summed E-state index contributed by atoms with van der Waals surface area (Å²) in [5.41, 5.74) is 3.93. The second kappa shape index (κ2) is 12.6. The standard InChI is InChI=1S/C31H29ClN4O4S/c1-4-38-26-17-22(16-24(32)28(26)40-13-12-39-25-14-19(2)10-11-20(25)3)15-23-29(33)36-31(34-30(23)37)41-27(35-36)18-21-8-6-5-7-9-21/h5-11,14-17,33H,4,12-13,18H2,1-3H3/b23-15+,33-29?. The zero-order chi connectivity index (χ0) is 28.9. The van der Waals surface area contributed by atoms with Crippen molar-refractivity contribution >= 4 is 51.4 Å². The van der Waals surface area contributed by atoms with Gasteiger partial charge in [-0.3, -0.25) is 10.2 Å². The van der Waals surface area contributed by atoms with Crippen LogP contribution in [0.2, 0.25) is 5.02 Å². The fraction of sp³-hybridized carbons (Fsp3) is 0.226. The van der Waals surface area contributed by atoms with Gasteiger partial charge in [0.25, 0.3) is 5.91 Å². The number of aryl methyl sites for hydroxylation is 2. The van der Waals surface area contributed by atoms with E-state index < -0.39 is 5.91 Å². The van der Waals surface area contributed by atoms with Gasteiger partial charge in [-0.15, -0.1) is 0 Å². The molecular formula is C31H29ClN4O4S. The first-order valence-corrected chi connectivity index (χ1v) is 14.3. The maximum absolute atomic E-state index is 12.9. The molecule has 8 nitrogen and oxygen atoms in total. The summed E-state index contributed by atoms with van der Waals surface area (Å²) in [5, 5.41) is 16.1. The highest BCUT2D eigenvalue weighted by atomic mass is 35.5. The van der Waals surface area contributed by atoms with Crippen molar-refractivity contribution in [2.24, 2.45) is 10.1 Å². The summed E-state index contributed by atoms with van der Waals surface area (Å²) in [6.45, 7) is 6.84. The Hall–Kier alpha value is -4.08. The van der Waals surface area contributed by atoms with E-state index in [1.165, 1.54) is 16.8 Å². The van der Waals surface area contributed by atoms with E-state index in [1.54, 1.807) is 18.2 Å². The summed E-state index contributed by atoms with van der Waals surface area (Å²) >= 11 is 7.91. The summed E-state index contributed by atoms with van der Waals surface area (Å²) < 4.78 is 17.7. The molecule has 2 aliphatic rings. The molecule has 0 saturated carbocycles. The van der Waals surface area contributed by atoms with Crippen molar-refractivity contribution in [3.63, 3.8) is 0 Å². The number of hydrazone groups is 1. The van der Waals surface area contributed by atoms with Crippen molar-refractivity contribution in [1.29, 1.82) is 5.41 Å². The van der Waals surface area contributed by atoms with E-state index in [-0.39, 0.29) is 18.0 Å². The second-order valence-electron chi connectivity index (χ2n) is 9.41. The lowest BCUT2D eigenvalue weighted by Crippen LogP contribution is -2.35. The van der Waals surface area contributed by atoms with Crippen LogP contribution in [-0.2, 0) is 11.2 Å². The third-order valence-electron chi connectivity index (χ3n) is 6.27. The van der Waals surface area contributed by atoms with Gasteiger partial charge in [0.05, 0.1) is 17.2 Å². The molecule has 0 spiro atoms. The number of nitrogens with zero attached hydrogens (tertiary/aromatic N) is 3. The smallest absolute Gasteiger partial charge is 0.283 e. The Balaban J connectivity index is 1.31. The number of carbonyl (C=O) groups is 1. The predicted octanol–water partition coefficient (Wildman–Crippen LogP) is 6.68. The van der Waals surface area contributed by atoms with Gasteiger partial charge in [0, 0.05) is 6.42 Å². The Labute approximate surface area is 248 Å². The molecule has 10 heteroatoms. The van der Waals surface area contributed by atoms with E-state index in [0.717, 1.165) is 27.5 Å². The first-order valence-electron chi connectivity index (χ1n) is 13.1. The zero-order valence-corrected chi connectivity index (χ0v) is 24.5. The second-order valence-corrected chi connectivity index (χ2v) is 10.9. The van der Waals surface area contributed by atoms with Crippen LogP contribution < -0.4 is 14.2 Å². The molecule has 1 amide bonds. The van der Waals surface area contributed by atoms with E-state index in [1.807, 2.05) is 69.3 Å². The van der Waals surface area contributed by atoms with Crippen molar-refractivity contribution in [2.45, 2.75) is 27.2 Å². The molecule has 41 heavy (non-hydrogen) atoms. The number of hydrogen-bond donors (Lipinski definition) is 1. The number of carbonyl (C=O) groups excluding carboxylic acids is 1. The Morgan fingerprint density at radius 3 is 2.56 bits per heavy atom. The Morgan fingerprint density at radius 1 is 1.00 bits per heavy atom. The Kier molecular flexibility index (Phi) is 8.75. The number of amides is 1. The number of benzene rings is 3. The van der Waals surface area contributed by atoms with E-state index in [9.17, 15) is 4.79 Å². The van der Waals surface area contributed by atoms with Crippen LogP contribution in [0, 0.1) is 19.3 Å². The molecular weight excluding hydrogens is 560 g/mol. The molecule has 0 radical (unpaired) electrons. The van der Waals surface area contributed by atoms with Crippen LogP contribution in [0.15, 0.2) is 76.3 Å². The van der Waals surface area contributed by atoms with E-state index >= 15 is 0 Å². The van der Waals surface area contributed by atoms with Crippen molar-refractivity contribution in [2.75, 3.05) is 19.8 Å². The molecule has 0 aromatic heterocycles. The number of fused-ring (bicyclic) bond motifs is 1. The molecule has 5 rings (SSSR count). The molecule has 0 unspecified atom stereocenters. The minimum atomic E-state index is -0.511. The molecule has 210 valence electrons. The van der Waals surface area contributed by atoms with Gasteiger partial charge < -0.3 is 14.2 Å². The van der Waals surface area contributed by atoms with Gasteiger partial charge in [-0.05, 0) is 79.1 Å². The van der Waals surface area contributed by atoms with E-state index in [4.69, 9.17) is 31.2 Å². The maximum Gasteiger partial charge on any atom is 0.283 e. The number of hydrogen-bond acceptors (Lipinski definition) is 7. The van der Waals surface area contributed by atoms with Crippen LogP contribution in [0.25, 0.3) is 6.08 Å². The number of nitrogens with one attached hydrogen (secondary N) is 1. The minimum absolute atomic E-state index is 0.0476. The summed E-state index contributed by atoms with van der Waals surface area (Å²) in [7, 11) is 0. The minimum Gasteiger partial charge on any atom is -0.490 e. The van der Waals surface area contributed by atoms with Crippen molar-refractivity contribution < 1.29 is 19.0 Å². The fourth-order valence-electron chi connectivity index (χ4n) is 4.27. The average Bonchev–Trinajstić information content (AvgIpc) is 3.35. The maximum atomic E-state index is 12.9. The highest BCUT2D eigenvalue weighted by molar-refractivity contribution is 8.26. The normalized spacial score (nSPS) is 15.5. The third kappa shape index (κ3) is 6.64. The van der Waals surface area contributed by atoms with Gasteiger partial charge in [-0.25, -0.2) is 0 Å². The van der Waals surface area contributed by atoms with Crippen LogP contribution in [0.3, 0.4) is 0 Å². The third-order valence-corrected chi connectivity index (χ3v) is 7.46. The molecule has 0 fully saturated rings. The number of ether oxygens (including phenoxy) is 3. The number of thioether (sulfide) groups is 1. The molecule has 0 bridgehead atoms. The van der Waals surface area contributed by atoms with Gasteiger partial charge in [0.1, 0.15) is 24.0 Å². The number of rotatable bonds is 10. The Bertz CT molecular complexity index is 1590. The first kappa shape index (κ1) is 28.4. The predicted molar refractivity (Wildman–Crippen MR) is 165 cm³/mol. The average molecular weight is 589 g/mol. The molecule has 2 aliphatic heterocycles. The van der Waals surface area contributed by atoms with E-state index in [0.29, 0.717) is 46.9 Å².